The van der Waals surface area contributed by atoms with Gasteiger partial charge < -0.3 is 14.9 Å². The molecule has 4 rings (SSSR count). The Bertz CT molecular complexity index is 819. The Morgan fingerprint density at radius 3 is 2.06 bits per heavy atom. The first kappa shape index (κ1) is 29.3. The fourth-order valence-corrected chi connectivity index (χ4v) is 4.61. The molecule has 1 aromatic heterocycles. The summed E-state index contributed by atoms with van der Waals surface area (Å²) in [6.07, 6.45) is -5.63. The fraction of sp³-hybridized carbons (Fsp3) is 0.714. The number of aliphatic carboxylic acids is 2. The molecule has 1 aromatic rings. The normalized spacial score (nSPS) is 22.9. The van der Waals surface area contributed by atoms with Gasteiger partial charge in [-0.05, 0) is 44.2 Å². The monoisotopic (exact) mass is 534 g/mol. The van der Waals surface area contributed by atoms with E-state index in [0.717, 1.165) is 25.1 Å². The van der Waals surface area contributed by atoms with Gasteiger partial charge in [-0.3, -0.25) is 9.80 Å². The first-order chi connectivity index (χ1) is 16.1. The zero-order valence-corrected chi connectivity index (χ0v) is 19.8. The lowest BCUT2D eigenvalue weighted by Crippen LogP contribution is -2.49. The van der Waals surface area contributed by atoms with Crippen LogP contribution in [0.15, 0.2) is 12.1 Å². The maximum absolute atomic E-state index is 10.6. The molecular weight excluding hydrogens is 506 g/mol. The van der Waals surface area contributed by atoms with Gasteiger partial charge in [-0.15, -0.1) is 11.3 Å². The molecule has 3 fully saturated rings. The summed E-state index contributed by atoms with van der Waals surface area (Å²) in [5.41, 5.74) is 0. The van der Waals surface area contributed by atoms with E-state index in [1.54, 1.807) is 0 Å². The van der Waals surface area contributed by atoms with Gasteiger partial charge in [-0.1, -0.05) is 0 Å². The van der Waals surface area contributed by atoms with Crippen LogP contribution in [-0.4, -0.2) is 89.2 Å². The van der Waals surface area contributed by atoms with Crippen molar-refractivity contribution in [1.82, 2.24) is 9.80 Å². The topological polar surface area (TPSA) is 90.3 Å². The number of nitrogens with zero attached hydrogens (tertiary/aromatic N) is 2. The molecule has 0 bridgehead atoms. The second kappa shape index (κ2) is 12.4. The average Bonchev–Trinajstić information content (AvgIpc) is 3.34. The maximum Gasteiger partial charge on any atom is 0.490 e. The number of halogens is 6. The highest BCUT2D eigenvalue weighted by Gasteiger charge is 2.39. The SMILES string of the molecule is Cc1ccc(CN2CCN3CC(OCC4CC4)CC3C2)s1.O=C(O)C(F)(F)F.O=C(O)C(F)(F)F. The standard InChI is InChI=1S/C17H26N2OS.2C2HF3O2/c1-13-2-5-17(21-13)11-18-6-7-19-10-16(8-15(19)9-18)20-12-14-3-4-14;2*3-2(4,5)1(6)7/h2,5,14-16H,3-4,6-12H2,1H3;2*(H,6,7). The van der Waals surface area contributed by atoms with Crippen molar-refractivity contribution in [1.29, 1.82) is 0 Å². The number of hydrogen-bond donors (Lipinski definition) is 2. The third kappa shape index (κ3) is 10.7. The van der Waals surface area contributed by atoms with Gasteiger partial charge in [0, 0.05) is 55.1 Å². The molecule has 0 radical (unpaired) electrons. The molecule has 14 heteroatoms. The number of hydrogen-bond acceptors (Lipinski definition) is 6. The second-order valence-corrected chi connectivity index (χ2v) is 10.0. The number of carboxylic acids is 2. The molecule has 2 aliphatic heterocycles. The molecule has 7 nitrogen and oxygen atoms in total. The number of ether oxygens (including phenoxy) is 1. The van der Waals surface area contributed by atoms with Crippen LogP contribution in [0.1, 0.15) is 29.0 Å². The Morgan fingerprint density at radius 2 is 1.60 bits per heavy atom. The van der Waals surface area contributed by atoms with Crippen LogP contribution in [0.25, 0.3) is 0 Å². The lowest BCUT2D eigenvalue weighted by molar-refractivity contribution is -0.193. The molecule has 3 aliphatic rings. The van der Waals surface area contributed by atoms with Gasteiger partial charge >= 0.3 is 24.3 Å². The Labute approximate surface area is 202 Å². The molecule has 0 aromatic carbocycles. The van der Waals surface area contributed by atoms with E-state index in [-0.39, 0.29) is 0 Å². The minimum atomic E-state index is -5.08. The summed E-state index contributed by atoms with van der Waals surface area (Å²) in [5.74, 6) is -4.62. The van der Waals surface area contributed by atoms with Crippen LogP contribution in [-0.2, 0) is 20.9 Å². The number of aryl methyl sites for hydroxylation is 1. The number of carbonyl (C=O) groups is 2. The largest absolute Gasteiger partial charge is 0.490 e. The summed E-state index contributed by atoms with van der Waals surface area (Å²) in [6, 6.07) is 5.26. The Hall–Kier alpha value is -1.90. The smallest absolute Gasteiger partial charge is 0.475 e. The highest BCUT2D eigenvalue weighted by atomic mass is 32.1. The van der Waals surface area contributed by atoms with Gasteiger partial charge in [0.05, 0.1) is 6.10 Å². The first-order valence-corrected chi connectivity index (χ1v) is 11.7. The molecule has 0 amide bonds. The predicted molar refractivity (Wildman–Crippen MR) is 114 cm³/mol. The summed E-state index contributed by atoms with van der Waals surface area (Å²) < 4.78 is 69.6. The molecule has 1 saturated carbocycles. The van der Waals surface area contributed by atoms with E-state index in [1.165, 1.54) is 55.2 Å². The van der Waals surface area contributed by atoms with E-state index in [4.69, 9.17) is 24.5 Å². The number of alkyl halides is 6. The maximum atomic E-state index is 10.6. The van der Waals surface area contributed by atoms with Crippen molar-refractivity contribution >= 4 is 23.3 Å². The molecular formula is C21H28F6N2O5S. The molecule has 2 N–H and O–H groups in total. The molecule has 2 saturated heterocycles. The Balaban J connectivity index is 0.000000257. The minimum Gasteiger partial charge on any atom is -0.475 e. The summed E-state index contributed by atoms with van der Waals surface area (Å²) in [7, 11) is 0. The lowest BCUT2D eigenvalue weighted by atomic mass is 10.1. The van der Waals surface area contributed by atoms with Gasteiger partial charge in [0.2, 0.25) is 0 Å². The first-order valence-electron chi connectivity index (χ1n) is 10.9. The second-order valence-electron chi connectivity index (χ2n) is 8.64. The van der Waals surface area contributed by atoms with Crippen molar-refractivity contribution in [3.63, 3.8) is 0 Å². The van der Waals surface area contributed by atoms with Gasteiger partial charge in [-0.25, -0.2) is 9.59 Å². The van der Waals surface area contributed by atoms with Gasteiger partial charge in [0.1, 0.15) is 0 Å². The van der Waals surface area contributed by atoms with Gasteiger partial charge in [0.15, 0.2) is 0 Å². The molecule has 2 atom stereocenters. The fourth-order valence-electron chi connectivity index (χ4n) is 3.67. The van der Waals surface area contributed by atoms with E-state index in [1.807, 2.05) is 11.3 Å². The van der Waals surface area contributed by atoms with Crippen molar-refractivity contribution in [3.8, 4) is 0 Å². The predicted octanol–water partition coefficient (Wildman–Crippen LogP) is 4.01. The van der Waals surface area contributed by atoms with Crippen LogP contribution in [0.3, 0.4) is 0 Å². The average molecular weight is 535 g/mol. The van der Waals surface area contributed by atoms with Crippen LogP contribution < -0.4 is 0 Å². The number of fused-ring (bicyclic) bond motifs is 1. The highest BCUT2D eigenvalue weighted by Crippen LogP contribution is 2.31. The summed E-state index contributed by atoms with van der Waals surface area (Å²) in [6.45, 7) is 9.18. The molecule has 35 heavy (non-hydrogen) atoms. The van der Waals surface area contributed by atoms with E-state index < -0.39 is 24.3 Å². The van der Waals surface area contributed by atoms with Crippen molar-refractivity contribution in [2.24, 2.45) is 5.92 Å². The Morgan fingerprint density at radius 1 is 1.03 bits per heavy atom. The third-order valence-electron chi connectivity index (χ3n) is 5.59. The number of piperazine rings is 1. The molecule has 1 aliphatic carbocycles. The van der Waals surface area contributed by atoms with Crippen LogP contribution in [0.2, 0.25) is 0 Å². The zero-order chi connectivity index (χ0) is 26.4. The lowest BCUT2D eigenvalue weighted by Gasteiger charge is -2.37. The summed E-state index contributed by atoms with van der Waals surface area (Å²) in [5, 5.41) is 14.2. The minimum absolute atomic E-state index is 0.500. The third-order valence-corrected chi connectivity index (χ3v) is 6.57. The van der Waals surface area contributed by atoms with Crippen molar-refractivity contribution in [2.45, 2.75) is 57.2 Å². The van der Waals surface area contributed by atoms with Gasteiger partial charge in [-0.2, -0.15) is 26.3 Å². The van der Waals surface area contributed by atoms with Crippen LogP contribution in [0, 0.1) is 12.8 Å². The van der Waals surface area contributed by atoms with E-state index in [2.05, 4.69) is 28.9 Å². The van der Waals surface area contributed by atoms with Crippen molar-refractivity contribution in [3.05, 3.63) is 21.9 Å². The molecule has 0 spiro atoms. The van der Waals surface area contributed by atoms with Crippen molar-refractivity contribution < 1.29 is 50.9 Å². The highest BCUT2D eigenvalue weighted by molar-refractivity contribution is 7.11. The van der Waals surface area contributed by atoms with E-state index >= 15 is 0 Å². The van der Waals surface area contributed by atoms with Crippen LogP contribution >= 0.6 is 11.3 Å². The molecule has 3 heterocycles. The Kier molecular flexibility index (Phi) is 10.4. The van der Waals surface area contributed by atoms with Crippen molar-refractivity contribution in [2.75, 3.05) is 32.8 Å². The number of rotatable bonds is 5. The number of thiophene rings is 1. The van der Waals surface area contributed by atoms with Crippen LogP contribution in [0.5, 0.6) is 0 Å². The van der Waals surface area contributed by atoms with Crippen LogP contribution in [0.4, 0.5) is 26.3 Å². The summed E-state index contributed by atoms with van der Waals surface area (Å²) in [4.78, 5) is 26.0. The quantitative estimate of drug-likeness (QED) is 0.552. The summed E-state index contributed by atoms with van der Waals surface area (Å²) >= 11 is 1.95. The molecule has 2 unspecified atom stereocenters. The van der Waals surface area contributed by atoms with E-state index in [0.29, 0.717) is 6.10 Å². The van der Waals surface area contributed by atoms with Gasteiger partial charge in [0.25, 0.3) is 0 Å². The zero-order valence-electron chi connectivity index (χ0n) is 18.9. The number of carboxylic acid groups (broad SMARTS) is 2. The molecule has 200 valence electrons. The van der Waals surface area contributed by atoms with E-state index in [9.17, 15) is 26.3 Å².